The molecule has 90 valence electrons. The van der Waals surface area contributed by atoms with E-state index < -0.39 is 0 Å². The Kier molecular flexibility index (Phi) is 2.50. The number of amidine groups is 2. The lowest BCUT2D eigenvalue weighted by molar-refractivity contribution is 0.576. The van der Waals surface area contributed by atoms with Crippen LogP contribution in [-0.4, -0.2) is 37.9 Å². The zero-order valence-corrected chi connectivity index (χ0v) is 10.2. The van der Waals surface area contributed by atoms with Crippen LogP contribution < -0.4 is 10.6 Å². The lowest BCUT2D eigenvalue weighted by atomic mass is 9.78. The van der Waals surface area contributed by atoms with Gasteiger partial charge in [0.25, 0.3) is 0 Å². The minimum atomic E-state index is 0.00731. The minimum Gasteiger partial charge on any atom is -0.371 e. The highest BCUT2D eigenvalue weighted by atomic mass is 15.1. The maximum absolute atomic E-state index is 4.56. The lowest BCUT2D eigenvalue weighted by Gasteiger charge is -2.30. The molecule has 0 aromatic carbocycles. The van der Waals surface area contributed by atoms with Gasteiger partial charge in [-0.3, -0.25) is 9.98 Å². The first kappa shape index (κ1) is 10.6. The van der Waals surface area contributed by atoms with Crippen LogP contribution in [0.2, 0.25) is 0 Å². The predicted molar refractivity (Wildman–Crippen MR) is 70.6 cm³/mol. The summed E-state index contributed by atoms with van der Waals surface area (Å²) in [4.78, 5) is 9.05. The number of rotatable bonds is 2. The summed E-state index contributed by atoms with van der Waals surface area (Å²) in [6.45, 7) is 5.97. The van der Waals surface area contributed by atoms with Crippen molar-refractivity contribution in [3.05, 3.63) is 23.8 Å². The third kappa shape index (κ3) is 1.88. The van der Waals surface area contributed by atoms with Crippen molar-refractivity contribution in [1.82, 2.24) is 10.6 Å². The third-order valence-corrected chi connectivity index (χ3v) is 3.51. The van der Waals surface area contributed by atoms with Crippen LogP contribution in [0, 0.1) is 5.41 Å². The Morgan fingerprint density at radius 1 is 1.18 bits per heavy atom. The zero-order valence-electron chi connectivity index (χ0n) is 10.2. The molecule has 1 unspecified atom stereocenters. The molecule has 0 fully saturated rings. The molecule has 0 spiro atoms. The van der Waals surface area contributed by atoms with Gasteiger partial charge < -0.3 is 10.6 Å². The van der Waals surface area contributed by atoms with Crippen molar-refractivity contribution in [2.24, 2.45) is 15.4 Å². The number of nitrogens with one attached hydrogen (secondary N) is 2. The Bertz CT molecular complexity index is 444. The van der Waals surface area contributed by atoms with E-state index in [1.807, 2.05) is 0 Å². The van der Waals surface area contributed by atoms with Gasteiger partial charge in [0.15, 0.2) is 0 Å². The highest BCUT2D eigenvalue weighted by molar-refractivity contribution is 6.02. The first-order valence-corrected chi connectivity index (χ1v) is 6.24. The molecule has 0 amide bonds. The summed E-state index contributed by atoms with van der Waals surface area (Å²) >= 11 is 0. The number of hydrogen-bond acceptors (Lipinski definition) is 4. The van der Waals surface area contributed by atoms with E-state index in [4.69, 9.17) is 0 Å². The summed E-state index contributed by atoms with van der Waals surface area (Å²) in [5.41, 5.74) is 1.30. The van der Waals surface area contributed by atoms with Gasteiger partial charge in [-0.05, 0) is 18.9 Å². The van der Waals surface area contributed by atoms with Crippen molar-refractivity contribution >= 4 is 11.7 Å². The molecular weight excluding hydrogens is 212 g/mol. The normalized spacial score (nSPS) is 31.5. The summed E-state index contributed by atoms with van der Waals surface area (Å²) in [5.74, 6) is 2.19. The van der Waals surface area contributed by atoms with E-state index in [2.05, 4.69) is 45.8 Å². The molecule has 2 N–H and O–H groups in total. The molecular formula is C13H18N4. The molecule has 0 aromatic heterocycles. The molecule has 2 heterocycles. The minimum absolute atomic E-state index is 0.00731. The molecule has 0 saturated heterocycles. The van der Waals surface area contributed by atoms with Crippen LogP contribution in [0.25, 0.3) is 0 Å². The van der Waals surface area contributed by atoms with Gasteiger partial charge in [0, 0.05) is 18.5 Å². The molecule has 1 atom stereocenters. The van der Waals surface area contributed by atoms with Crippen LogP contribution in [0.4, 0.5) is 0 Å². The van der Waals surface area contributed by atoms with E-state index in [0.29, 0.717) is 0 Å². The quantitative estimate of drug-likeness (QED) is 0.740. The van der Waals surface area contributed by atoms with Gasteiger partial charge in [-0.1, -0.05) is 18.2 Å². The van der Waals surface area contributed by atoms with E-state index in [9.17, 15) is 0 Å². The van der Waals surface area contributed by atoms with Crippen LogP contribution in [0.1, 0.15) is 13.3 Å². The van der Waals surface area contributed by atoms with Crippen molar-refractivity contribution in [2.75, 3.05) is 26.2 Å². The monoisotopic (exact) mass is 230 g/mol. The zero-order chi connectivity index (χ0) is 11.7. The Balaban J connectivity index is 1.83. The second-order valence-corrected chi connectivity index (χ2v) is 4.96. The standard InChI is InChI=1S/C13H18N4/c1-13(12-16-7-8-17-12)4-2-3-10(9-13)11-14-5-6-15-11/h2-4H,5-9H2,1H3,(H,14,15)(H,16,17). The average Bonchev–Trinajstić information content (AvgIpc) is 3.03. The SMILES string of the molecule is CC1(C2=NCCN2)C=CC=C(C2=NCCN2)C1. The second kappa shape index (κ2) is 4.02. The number of hydrogen-bond donors (Lipinski definition) is 2. The summed E-state index contributed by atoms with van der Waals surface area (Å²) in [7, 11) is 0. The number of nitrogens with zero attached hydrogens (tertiary/aromatic N) is 2. The molecule has 0 radical (unpaired) electrons. The van der Waals surface area contributed by atoms with Crippen molar-refractivity contribution in [3.63, 3.8) is 0 Å². The summed E-state index contributed by atoms with van der Waals surface area (Å²) in [5, 5.41) is 6.73. The molecule has 1 aliphatic carbocycles. The smallest absolute Gasteiger partial charge is 0.124 e. The topological polar surface area (TPSA) is 48.8 Å². The molecule has 3 rings (SSSR count). The summed E-state index contributed by atoms with van der Waals surface area (Å²) in [6, 6.07) is 0. The number of aliphatic imine (C=N–C) groups is 2. The fourth-order valence-corrected chi connectivity index (χ4v) is 2.61. The Labute approximate surface area is 102 Å². The lowest BCUT2D eigenvalue weighted by Crippen LogP contribution is -2.37. The Morgan fingerprint density at radius 2 is 2.00 bits per heavy atom. The molecule has 17 heavy (non-hydrogen) atoms. The van der Waals surface area contributed by atoms with Crippen LogP contribution in [0.15, 0.2) is 33.8 Å². The van der Waals surface area contributed by atoms with Gasteiger partial charge in [-0.15, -0.1) is 0 Å². The largest absolute Gasteiger partial charge is 0.371 e. The van der Waals surface area contributed by atoms with Crippen LogP contribution in [-0.2, 0) is 0 Å². The molecule has 4 heteroatoms. The molecule has 0 bridgehead atoms. The second-order valence-electron chi connectivity index (χ2n) is 4.96. The predicted octanol–water partition coefficient (Wildman–Crippen LogP) is 0.882. The van der Waals surface area contributed by atoms with E-state index in [1.165, 1.54) is 5.57 Å². The first-order valence-electron chi connectivity index (χ1n) is 6.24. The summed E-state index contributed by atoms with van der Waals surface area (Å²) in [6.07, 6.45) is 7.50. The van der Waals surface area contributed by atoms with Gasteiger partial charge in [0.1, 0.15) is 11.7 Å². The van der Waals surface area contributed by atoms with Crippen molar-refractivity contribution < 1.29 is 0 Å². The van der Waals surface area contributed by atoms with Crippen LogP contribution >= 0.6 is 0 Å². The molecule has 0 saturated carbocycles. The highest BCUT2D eigenvalue weighted by Crippen LogP contribution is 2.33. The Hall–Kier alpha value is -1.58. The van der Waals surface area contributed by atoms with Crippen molar-refractivity contribution in [3.8, 4) is 0 Å². The highest BCUT2D eigenvalue weighted by Gasteiger charge is 2.33. The van der Waals surface area contributed by atoms with Gasteiger partial charge in [0.05, 0.1) is 13.1 Å². The fraction of sp³-hybridized carbons (Fsp3) is 0.538. The van der Waals surface area contributed by atoms with Gasteiger partial charge >= 0.3 is 0 Å². The average molecular weight is 230 g/mol. The summed E-state index contributed by atoms with van der Waals surface area (Å²) < 4.78 is 0. The third-order valence-electron chi connectivity index (χ3n) is 3.51. The molecule has 0 aromatic rings. The van der Waals surface area contributed by atoms with Gasteiger partial charge in [-0.25, -0.2) is 0 Å². The van der Waals surface area contributed by atoms with E-state index in [-0.39, 0.29) is 5.41 Å². The van der Waals surface area contributed by atoms with Crippen molar-refractivity contribution in [2.45, 2.75) is 13.3 Å². The fourth-order valence-electron chi connectivity index (χ4n) is 2.61. The van der Waals surface area contributed by atoms with Crippen molar-refractivity contribution in [1.29, 1.82) is 0 Å². The maximum atomic E-state index is 4.56. The maximum Gasteiger partial charge on any atom is 0.124 e. The van der Waals surface area contributed by atoms with E-state index >= 15 is 0 Å². The number of allylic oxidation sites excluding steroid dienone is 2. The molecule has 4 nitrogen and oxygen atoms in total. The first-order chi connectivity index (χ1) is 8.28. The van der Waals surface area contributed by atoms with Crippen LogP contribution in [0.3, 0.4) is 0 Å². The van der Waals surface area contributed by atoms with Crippen LogP contribution in [0.5, 0.6) is 0 Å². The van der Waals surface area contributed by atoms with E-state index in [0.717, 1.165) is 44.3 Å². The Morgan fingerprint density at radius 3 is 2.71 bits per heavy atom. The van der Waals surface area contributed by atoms with Gasteiger partial charge in [0.2, 0.25) is 0 Å². The molecule has 2 aliphatic heterocycles. The van der Waals surface area contributed by atoms with Gasteiger partial charge in [-0.2, -0.15) is 0 Å². The van der Waals surface area contributed by atoms with E-state index in [1.54, 1.807) is 0 Å². The molecule has 3 aliphatic rings.